The Bertz CT molecular complexity index is 475. The monoisotopic (exact) mass is 276 g/mol. The lowest BCUT2D eigenvalue weighted by molar-refractivity contribution is -0.150. The van der Waals surface area contributed by atoms with E-state index in [9.17, 15) is 4.79 Å². The number of para-hydroxylation sites is 1. The Hall–Kier alpha value is -1.55. The van der Waals surface area contributed by atoms with Crippen molar-refractivity contribution in [3.63, 3.8) is 0 Å². The van der Waals surface area contributed by atoms with Gasteiger partial charge in [0.15, 0.2) is 0 Å². The number of aryl methyl sites for hydroxylation is 1. The van der Waals surface area contributed by atoms with E-state index in [2.05, 4.69) is 10.2 Å². The molecular formula is C16H24N2O2. The van der Waals surface area contributed by atoms with Crippen molar-refractivity contribution in [2.24, 2.45) is 0 Å². The number of esters is 1. The molecule has 1 unspecified atom stereocenters. The first-order chi connectivity index (χ1) is 9.57. The molecule has 0 spiro atoms. The van der Waals surface area contributed by atoms with Gasteiger partial charge >= 0.3 is 5.97 Å². The number of likely N-dealkylation sites (N-methyl/N-ethyl adjacent to an activating group) is 1. The molecule has 20 heavy (non-hydrogen) atoms. The summed E-state index contributed by atoms with van der Waals surface area (Å²) in [6, 6.07) is 8.06. The molecule has 1 N–H and O–H groups in total. The van der Waals surface area contributed by atoms with E-state index in [1.807, 2.05) is 45.2 Å². The SMILES string of the molecule is CCOC(=O)C1(Nc2ccccc2C)CCCN(C)C1. The summed E-state index contributed by atoms with van der Waals surface area (Å²) in [6.07, 6.45) is 1.80. The first-order valence-electron chi connectivity index (χ1n) is 7.27. The molecule has 1 aromatic carbocycles. The number of anilines is 1. The summed E-state index contributed by atoms with van der Waals surface area (Å²) in [5.41, 5.74) is 1.52. The maximum Gasteiger partial charge on any atom is 0.333 e. The molecule has 1 heterocycles. The molecule has 110 valence electrons. The van der Waals surface area contributed by atoms with Crippen LogP contribution in [0.2, 0.25) is 0 Å². The average molecular weight is 276 g/mol. The Morgan fingerprint density at radius 2 is 2.20 bits per heavy atom. The van der Waals surface area contributed by atoms with Gasteiger partial charge in [0, 0.05) is 12.2 Å². The highest BCUT2D eigenvalue weighted by Gasteiger charge is 2.43. The number of benzene rings is 1. The first kappa shape index (κ1) is 14.9. The minimum atomic E-state index is -0.630. The predicted octanol–water partition coefficient (Wildman–Crippen LogP) is 2.43. The van der Waals surface area contributed by atoms with Gasteiger partial charge in [0.25, 0.3) is 0 Å². The number of carbonyl (C=O) groups is 1. The van der Waals surface area contributed by atoms with Gasteiger partial charge in [0.1, 0.15) is 5.54 Å². The van der Waals surface area contributed by atoms with Crippen LogP contribution in [0.5, 0.6) is 0 Å². The van der Waals surface area contributed by atoms with E-state index in [1.54, 1.807) is 0 Å². The Morgan fingerprint density at radius 3 is 2.85 bits per heavy atom. The Balaban J connectivity index is 2.27. The second kappa shape index (κ2) is 6.27. The summed E-state index contributed by atoms with van der Waals surface area (Å²) in [4.78, 5) is 14.7. The molecule has 1 atom stereocenters. The molecule has 0 aromatic heterocycles. The van der Waals surface area contributed by atoms with Gasteiger partial charge in [-0.1, -0.05) is 18.2 Å². The molecule has 0 aliphatic carbocycles. The van der Waals surface area contributed by atoms with Crippen molar-refractivity contribution in [1.29, 1.82) is 0 Å². The van der Waals surface area contributed by atoms with Crippen molar-refractivity contribution in [3.05, 3.63) is 29.8 Å². The van der Waals surface area contributed by atoms with Crippen LogP contribution in [0.25, 0.3) is 0 Å². The molecule has 0 radical (unpaired) electrons. The molecular weight excluding hydrogens is 252 g/mol. The number of hydrogen-bond acceptors (Lipinski definition) is 4. The lowest BCUT2D eigenvalue weighted by atomic mass is 9.88. The molecule has 0 bridgehead atoms. The van der Waals surface area contributed by atoms with E-state index < -0.39 is 5.54 Å². The fourth-order valence-corrected chi connectivity index (χ4v) is 2.83. The molecule has 1 fully saturated rings. The molecule has 4 heteroatoms. The third-order valence-corrected chi connectivity index (χ3v) is 3.87. The smallest absolute Gasteiger partial charge is 0.333 e. The van der Waals surface area contributed by atoms with Gasteiger partial charge in [-0.2, -0.15) is 0 Å². The normalized spacial score (nSPS) is 23.4. The van der Waals surface area contributed by atoms with E-state index in [0.717, 1.165) is 30.6 Å². The maximum atomic E-state index is 12.5. The van der Waals surface area contributed by atoms with Gasteiger partial charge in [0.2, 0.25) is 0 Å². The first-order valence-corrected chi connectivity index (χ1v) is 7.27. The second-order valence-electron chi connectivity index (χ2n) is 5.58. The van der Waals surface area contributed by atoms with Gasteiger partial charge in [0.05, 0.1) is 6.61 Å². The van der Waals surface area contributed by atoms with E-state index in [1.165, 1.54) is 0 Å². The summed E-state index contributed by atoms with van der Waals surface area (Å²) < 4.78 is 5.32. The summed E-state index contributed by atoms with van der Waals surface area (Å²) in [7, 11) is 2.05. The molecule has 1 saturated heterocycles. The number of likely N-dealkylation sites (tertiary alicyclic amines) is 1. The van der Waals surface area contributed by atoms with E-state index in [4.69, 9.17) is 4.74 Å². The largest absolute Gasteiger partial charge is 0.464 e. The van der Waals surface area contributed by atoms with Crippen molar-refractivity contribution < 1.29 is 9.53 Å². The number of nitrogens with one attached hydrogen (secondary N) is 1. The number of carbonyl (C=O) groups excluding carboxylic acids is 1. The number of ether oxygens (including phenoxy) is 1. The van der Waals surface area contributed by atoms with Crippen LogP contribution in [0.4, 0.5) is 5.69 Å². The van der Waals surface area contributed by atoms with Crippen molar-refractivity contribution in [3.8, 4) is 0 Å². The lowest BCUT2D eigenvalue weighted by Crippen LogP contribution is -2.58. The van der Waals surface area contributed by atoms with Gasteiger partial charge in [-0.05, 0) is 51.9 Å². The third kappa shape index (κ3) is 3.12. The lowest BCUT2D eigenvalue weighted by Gasteiger charge is -2.40. The Morgan fingerprint density at radius 1 is 1.45 bits per heavy atom. The molecule has 1 aliphatic heterocycles. The fourth-order valence-electron chi connectivity index (χ4n) is 2.83. The van der Waals surface area contributed by atoms with E-state index in [-0.39, 0.29) is 5.97 Å². The van der Waals surface area contributed by atoms with Crippen LogP contribution in [0, 0.1) is 6.92 Å². The third-order valence-electron chi connectivity index (χ3n) is 3.87. The standard InChI is InChI=1S/C16H24N2O2/c1-4-20-15(19)16(10-7-11-18(3)12-16)17-14-9-6-5-8-13(14)2/h5-6,8-9,17H,4,7,10-12H2,1-3H3. The maximum absolute atomic E-state index is 12.5. The van der Waals surface area contributed by atoms with Gasteiger partial charge in [-0.3, -0.25) is 0 Å². The van der Waals surface area contributed by atoms with Crippen LogP contribution >= 0.6 is 0 Å². The van der Waals surface area contributed by atoms with Crippen LogP contribution < -0.4 is 5.32 Å². The molecule has 1 aliphatic rings. The quantitative estimate of drug-likeness (QED) is 0.858. The summed E-state index contributed by atoms with van der Waals surface area (Å²) in [5, 5.41) is 3.46. The van der Waals surface area contributed by atoms with E-state index in [0.29, 0.717) is 13.2 Å². The second-order valence-corrected chi connectivity index (χ2v) is 5.58. The topological polar surface area (TPSA) is 41.6 Å². The number of hydrogen-bond donors (Lipinski definition) is 1. The highest BCUT2D eigenvalue weighted by molar-refractivity contribution is 5.85. The summed E-state index contributed by atoms with van der Waals surface area (Å²) in [5.74, 6) is -0.144. The van der Waals surface area contributed by atoms with Gasteiger partial charge in [-0.15, -0.1) is 0 Å². The zero-order chi connectivity index (χ0) is 14.6. The predicted molar refractivity (Wildman–Crippen MR) is 80.9 cm³/mol. The Kier molecular flexibility index (Phi) is 4.65. The van der Waals surface area contributed by atoms with Crippen molar-refractivity contribution in [2.75, 3.05) is 32.1 Å². The van der Waals surface area contributed by atoms with Crippen LogP contribution in [0.3, 0.4) is 0 Å². The number of piperidine rings is 1. The highest BCUT2D eigenvalue weighted by Crippen LogP contribution is 2.28. The minimum absolute atomic E-state index is 0.144. The zero-order valence-corrected chi connectivity index (χ0v) is 12.6. The molecule has 4 nitrogen and oxygen atoms in total. The van der Waals surface area contributed by atoms with Crippen molar-refractivity contribution in [1.82, 2.24) is 4.90 Å². The van der Waals surface area contributed by atoms with Crippen molar-refractivity contribution in [2.45, 2.75) is 32.2 Å². The van der Waals surface area contributed by atoms with Gasteiger partial charge < -0.3 is 15.0 Å². The van der Waals surface area contributed by atoms with Crippen LogP contribution in [0.1, 0.15) is 25.3 Å². The number of nitrogens with zero attached hydrogens (tertiary/aromatic N) is 1. The highest BCUT2D eigenvalue weighted by atomic mass is 16.5. The minimum Gasteiger partial charge on any atom is -0.464 e. The molecule has 2 rings (SSSR count). The summed E-state index contributed by atoms with van der Waals surface area (Å²) >= 11 is 0. The fraction of sp³-hybridized carbons (Fsp3) is 0.562. The molecule has 1 aromatic rings. The molecule has 0 amide bonds. The zero-order valence-electron chi connectivity index (χ0n) is 12.6. The number of rotatable bonds is 4. The van der Waals surface area contributed by atoms with Crippen LogP contribution in [-0.2, 0) is 9.53 Å². The summed E-state index contributed by atoms with van der Waals surface area (Å²) in [6.45, 7) is 6.02. The molecule has 0 saturated carbocycles. The van der Waals surface area contributed by atoms with Crippen LogP contribution in [-0.4, -0.2) is 43.2 Å². The van der Waals surface area contributed by atoms with Gasteiger partial charge in [-0.25, -0.2) is 4.79 Å². The van der Waals surface area contributed by atoms with Crippen LogP contribution in [0.15, 0.2) is 24.3 Å². The van der Waals surface area contributed by atoms with E-state index >= 15 is 0 Å². The Labute approximate surface area is 121 Å². The van der Waals surface area contributed by atoms with Crippen molar-refractivity contribution >= 4 is 11.7 Å². The average Bonchev–Trinajstić information content (AvgIpc) is 2.42.